The van der Waals surface area contributed by atoms with Crippen molar-refractivity contribution in [2.24, 2.45) is 0 Å². The maximum absolute atomic E-state index is 10.3. The van der Waals surface area contributed by atoms with Gasteiger partial charge in [-0.25, -0.2) is 0 Å². The molecule has 0 heterocycles. The molecule has 0 aliphatic carbocycles. The second kappa shape index (κ2) is 3.67. The van der Waals surface area contributed by atoms with Gasteiger partial charge in [-0.2, -0.15) is 0 Å². The molecule has 0 aliphatic rings. The first-order valence-corrected chi connectivity index (χ1v) is 4.35. The summed E-state index contributed by atoms with van der Waals surface area (Å²) in [5.74, 6) is 0. The zero-order chi connectivity index (χ0) is 8.27. The lowest BCUT2D eigenvalue weighted by Crippen LogP contribution is -1.84. The number of hydrogen-bond acceptors (Lipinski definition) is 1. The lowest BCUT2D eigenvalue weighted by molar-refractivity contribution is 0.112. The van der Waals surface area contributed by atoms with Gasteiger partial charge in [-0.05, 0) is 12.5 Å². The van der Waals surface area contributed by atoms with Gasteiger partial charge in [0.25, 0.3) is 0 Å². The highest BCUT2D eigenvalue weighted by Gasteiger charge is 1.98. The second-order valence-electron chi connectivity index (χ2n) is 2.40. The quantitative estimate of drug-likeness (QED) is 0.545. The molecule has 0 fully saturated rings. The maximum Gasteiger partial charge on any atom is 0.150 e. The van der Waals surface area contributed by atoms with Crippen molar-refractivity contribution in [3.8, 4) is 0 Å². The fraction of sp³-hybridized carbons (Fsp3) is 0.222. The molecule has 1 atom stereocenters. The topological polar surface area (TPSA) is 17.1 Å². The molecule has 58 valence electrons. The first-order valence-electron chi connectivity index (χ1n) is 3.43. The first-order chi connectivity index (χ1) is 5.24. The van der Waals surface area contributed by atoms with Gasteiger partial charge in [0, 0.05) is 10.4 Å². The van der Waals surface area contributed by atoms with E-state index in [2.05, 4.69) is 22.9 Å². The van der Waals surface area contributed by atoms with E-state index in [9.17, 15) is 4.79 Å². The highest BCUT2D eigenvalue weighted by atomic mass is 79.9. The van der Waals surface area contributed by atoms with E-state index in [1.54, 1.807) is 0 Å². The Morgan fingerprint density at radius 1 is 1.36 bits per heavy atom. The highest BCUT2D eigenvalue weighted by Crippen LogP contribution is 2.20. The summed E-state index contributed by atoms with van der Waals surface area (Å²) in [5, 5.41) is 0. The van der Waals surface area contributed by atoms with Crippen LogP contribution in [-0.2, 0) is 0 Å². The number of carbonyl (C=O) groups is 1. The summed E-state index contributed by atoms with van der Waals surface area (Å²) in [6.45, 7) is 2.05. The first kappa shape index (κ1) is 8.47. The van der Waals surface area contributed by atoms with Crippen molar-refractivity contribution in [1.29, 1.82) is 0 Å². The standard InChI is InChI=1S/C9H9BrO/c1-7(10)9-4-2-8(6-11)3-5-9/h2-7H,1H3. The number of carbonyl (C=O) groups excluding carboxylic acids is 1. The van der Waals surface area contributed by atoms with E-state index in [-0.39, 0.29) is 0 Å². The zero-order valence-corrected chi connectivity index (χ0v) is 7.84. The number of rotatable bonds is 2. The fourth-order valence-corrected chi connectivity index (χ4v) is 1.14. The van der Waals surface area contributed by atoms with Crippen LogP contribution in [0.5, 0.6) is 0 Å². The summed E-state index contributed by atoms with van der Waals surface area (Å²) in [6, 6.07) is 7.53. The number of benzene rings is 1. The summed E-state index contributed by atoms with van der Waals surface area (Å²) >= 11 is 3.44. The summed E-state index contributed by atoms with van der Waals surface area (Å²) in [7, 11) is 0. The molecule has 0 bridgehead atoms. The third-order valence-electron chi connectivity index (χ3n) is 1.53. The van der Waals surface area contributed by atoms with E-state index in [1.165, 1.54) is 5.56 Å². The minimum absolute atomic E-state index is 0.350. The van der Waals surface area contributed by atoms with Crippen LogP contribution in [0.3, 0.4) is 0 Å². The van der Waals surface area contributed by atoms with Gasteiger partial charge >= 0.3 is 0 Å². The molecule has 0 saturated heterocycles. The van der Waals surface area contributed by atoms with E-state index >= 15 is 0 Å². The summed E-state index contributed by atoms with van der Waals surface area (Å²) in [5.41, 5.74) is 1.91. The third kappa shape index (κ3) is 2.15. The molecular weight excluding hydrogens is 204 g/mol. The van der Waals surface area contributed by atoms with Gasteiger partial charge in [0.05, 0.1) is 0 Å². The van der Waals surface area contributed by atoms with Crippen LogP contribution < -0.4 is 0 Å². The van der Waals surface area contributed by atoms with Crippen LogP contribution in [0.2, 0.25) is 0 Å². The van der Waals surface area contributed by atoms with Gasteiger partial charge in [0.1, 0.15) is 6.29 Å². The number of hydrogen-bond donors (Lipinski definition) is 0. The SMILES string of the molecule is CC(Br)c1ccc(C=O)cc1. The molecule has 0 saturated carbocycles. The van der Waals surface area contributed by atoms with Crippen LogP contribution in [0.25, 0.3) is 0 Å². The molecule has 0 N–H and O–H groups in total. The van der Waals surface area contributed by atoms with Crippen LogP contribution in [0, 0.1) is 0 Å². The van der Waals surface area contributed by atoms with Crippen molar-refractivity contribution in [3.63, 3.8) is 0 Å². The number of alkyl halides is 1. The summed E-state index contributed by atoms with van der Waals surface area (Å²) < 4.78 is 0. The van der Waals surface area contributed by atoms with Crippen molar-refractivity contribution in [1.82, 2.24) is 0 Å². The van der Waals surface area contributed by atoms with Gasteiger partial charge in [0.2, 0.25) is 0 Å². The predicted molar refractivity (Wildman–Crippen MR) is 49.2 cm³/mol. The minimum Gasteiger partial charge on any atom is -0.298 e. The van der Waals surface area contributed by atoms with Crippen LogP contribution in [0.4, 0.5) is 0 Å². The number of aldehydes is 1. The third-order valence-corrected chi connectivity index (χ3v) is 2.06. The van der Waals surface area contributed by atoms with Crippen LogP contribution in [0.15, 0.2) is 24.3 Å². The van der Waals surface area contributed by atoms with Crippen LogP contribution >= 0.6 is 15.9 Å². The second-order valence-corrected chi connectivity index (χ2v) is 3.77. The van der Waals surface area contributed by atoms with E-state index in [4.69, 9.17) is 0 Å². The van der Waals surface area contributed by atoms with Gasteiger partial charge in [0.15, 0.2) is 0 Å². The number of halogens is 1. The maximum atomic E-state index is 10.3. The zero-order valence-electron chi connectivity index (χ0n) is 6.25. The van der Waals surface area contributed by atoms with E-state index in [1.807, 2.05) is 24.3 Å². The Kier molecular flexibility index (Phi) is 2.83. The van der Waals surface area contributed by atoms with E-state index in [0.29, 0.717) is 4.83 Å². The molecule has 2 heteroatoms. The Bertz CT molecular complexity index is 238. The molecule has 1 unspecified atom stereocenters. The summed E-state index contributed by atoms with van der Waals surface area (Å²) in [6.07, 6.45) is 0.850. The van der Waals surface area contributed by atoms with Crippen LogP contribution in [0.1, 0.15) is 27.7 Å². The smallest absolute Gasteiger partial charge is 0.150 e. The highest BCUT2D eigenvalue weighted by molar-refractivity contribution is 9.09. The lowest BCUT2D eigenvalue weighted by atomic mass is 10.1. The van der Waals surface area contributed by atoms with Gasteiger partial charge in [-0.15, -0.1) is 0 Å². The molecule has 1 rings (SSSR count). The molecule has 1 nitrogen and oxygen atoms in total. The lowest BCUT2D eigenvalue weighted by Gasteiger charge is -2.01. The van der Waals surface area contributed by atoms with Crippen molar-refractivity contribution >= 4 is 22.2 Å². The summed E-state index contributed by atoms with van der Waals surface area (Å²) in [4.78, 5) is 10.6. The largest absolute Gasteiger partial charge is 0.298 e. The Morgan fingerprint density at radius 3 is 2.27 bits per heavy atom. The average Bonchev–Trinajstić information content (AvgIpc) is 2.05. The van der Waals surface area contributed by atoms with E-state index in [0.717, 1.165) is 11.8 Å². The molecule has 0 amide bonds. The van der Waals surface area contributed by atoms with Crippen LogP contribution in [-0.4, -0.2) is 6.29 Å². The van der Waals surface area contributed by atoms with Gasteiger partial charge < -0.3 is 0 Å². The van der Waals surface area contributed by atoms with Crippen molar-refractivity contribution in [3.05, 3.63) is 35.4 Å². The molecule has 0 aromatic heterocycles. The molecule has 0 radical (unpaired) electrons. The Hall–Kier alpha value is -0.630. The molecule has 1 aromatic carbocycles. The van der Waals surface area contributed by atoms with Gasteiger partial charge in [-0.3, -0.25) is 4.79 Å². The van der Waals surface area contributed by atoms with Crippen molar-refractivity contribution in [2.45, 2.75) is 11.8 Å². The normalized spacial score (nSPS) is 12.5. The average molecular weight is 213 g/mol. The fourth-order valence-electron chi connectivity index (χ4n) is 0.840. The molecule has 11 heavy (non-hydrogen) atoms. The Morgan fingerprint density at radius 2 is 1.91 bits per heavy atom. The predicted octanol–water partition coefficient (Wildman–Crippen LogP) is 2.96. The minimum atomic E-state index is 0.350. The Balaban J connectivity index is 2.91. The molecular formula is C9H9BrO. The molecule has 0 spiro atoms. The van der Waals surface area contributed by atoms with E-state index < -0.39 is 0 Å². The van der Waals surface area contributed by atoms with Crippen molar-refractivity contribution in [2.75, 3.05) is 0 Å². The Labute approximate surface area is 74.6 Å². The van der Waals surface area contributed by atoms with Gasteiger partial charge in [-0.1, -0.05) is 40.2 Å². The molecule has 0 aliphatic heterocycles. The van der Waals surface area contributed by atoms with Crippen molar-refractivity contribution < 1.29 is 4.79 Å². The monoisotopic (exact) mass is 212 g/mol. The molecule has 1 aromatic rings.